The molecule has 0 aliphatic carbocycles. The van der Waals surface area contributed by atoms with Crippen molar-refractivity contribution in [1.29, 1.82) is 5.26 Å². The van der Waals surface area contributed by atoms with Crippen LogP contribution < -0.4 is 9.47 Å². The van der Waals surface area contributed by atoms with E-state index in [1.54, 1.807) is 24.8 Å². The number of ether oxygens (including phenoxy) is 2. The van der Waals surface area contributed by atoms with Gasteiger partial charge >= 0.3 is 0 Å². The minimum atomic E-state index is -0.347. The lowest BCUT2D eigenvalue weighted by Gasteiger charge is -2.37. The molecule has 0 saturated carbocycles. The molecule has 2 heterocycles. The number of thiazole rings is 1. The maximum Gasteiger partial charge on any atom is 0.254 e. The summed E-state index contributed by atoms with van der Waals surface area (Å²) in [5, 5.41) is 11.7. The molecule has 1 saturated heterocycles. The van der Waals surface area contributed by atoms with E-state index in [4.69, 9.17) is 9.47 Å². The summed E-state index contributed by atoms with van der Waals surface area (Å²) in [4.78, 5) is 21.2. The number of amides is 1. The molecule has 1 aromatic heterocycles. The van der Waals surface area contributed by atoms with E-state index >= 15 is 0 Å². The molecule has 1 atom stereocenters. The van der Waals surface area contributed by atoms with Crippen LogP contribution in [0.2, 0.25) is 0 Å². The molecule has 7 nitrogen and oxygen atoms in total. The maximum absolute atomic E-state index is 13.0. The number of carbonyl (C=O) groups excluding carboxylic acids is 1. The largest absolute Gasteiger partial charge is 0.497 e. The molecule has 0 radical (unpaired) electrons. The van der Waals surface area contributed by atoms with Crippen LogP contribution in [0.4, 0.5) is 0 Å². The predicted octanol–water partition coefficient (Wildman–Crippen LogP) is 3.75. The second kappa shape index (κ2) is 10.3. The van der Waals surface area contributed by atoms with E-state index in [-0.39, 0.29) is 11.9 Å². The highest BCUT2D eigenvalue weighted by Crippen LogP contribution is 2.24. The summed E-state index contributed by atoms with van der Waals surface area (Å²) >= 11 is 1.52. The fourth-order valence-electron chi connectivity index (χ4n) is 3.70. The van der Waals surface area contributed by atoms with Crippen molar-refractivity contribution in [2.75, 3.05) is 33.3 Å². The lowest BCUT2D eigenvalue weighted by Crippen LogP contribution is -2.49. The molecule has 164 valence electrons. The van der Waals surface area contributed by atoms with Gasteiger partial charge in [0.15, 0.2) is 0 Å². The van der Waals surface area contributed by atoms with Gasteiger partial charge in [-0.3, -0.25) is 9.69 Å². The molecule has 4 rings (SSSR count). The summed E-state index contributed by atoms with van der Waals surface area (Å²) in [6.45, 7) is 2.78. The molecule has 0 spiro atoms. The van der Waals surface area contributed by atoms with E-state index in [1.807, 2.05) is 46.7 Å². The first-order valence-electron chi connectivity index (χ1n) is 10.3. The van der Waals surface area contributed by atoms with Crippen LogP contribution in [0, 0.1) is 11.3 Å². The highest BCUT2D eigenvalue weighted by Gasteiger charge is 2.27. The Bertz CT molecular complexity index is 1070. The second-order valence-corrected chi connectivity index (χ2v) is 8.15. The van der Waals surface area contributed by atoms with Crippen molar-refractivity contribution in [1.82, 2.24) is 14.8 Å². The van der Waals surface area contributed by atoms with Crippen molar-refractivity contribution in [3.8, 4) is 17.6 Å². The smallest absolute Gasteiger partial charge is 0.254 e. The minimum absolute atomic E-state index is 0.0262. The van der Waals surface area contributed by atoms with Gasteiger partial charge in [-0.25, -0.2) is 4.98 Å². The number of nitriles is 1. The summed E-state index contributed by atoms with van der Waals surface area (Å²) in [5.41, 5.74) is 4.16. The summed E-state index contributed by atoms with van der Waals surface area (Å²) in [6.07, 6.45) is 0. The van der Waals surface area contributed by atoms with Crippen molar-refractivity contribution >= 4 is 17.2 Å². The van der Waals surface area contributed by atoms with Gasteiger partial charge in [-0.2, -0.15) is 5.26 Å². The number of nitrogens with zero attached hydrogens (tertiary/aromatic N) is 4. The molecule has 32 heavy (non-hydrogen) atoms. The topological polar surface area (TPSA) is 78.7 Å². The number of aromatic nitrogens is 1. The number of methoxy groups -OCH3 is 1. The Kier molecular flexibility index (Phi) is 7.00. The van der Waals surface area contributed by atoms with Crippen LogP contribution in [0.5, 0.6) is 11.5 Å². The van der Waals surface area contributed by atoms with Crippen LogP contribution in [-0.2, 0) is 6.61 Å². The van der Waals surface area contributed by atoms with Crippen molar-refractivity contribution in [3.05, 3.63) is 76.2 Å². The first kappa shape index (κ1) is 21.8. The Balaban J connectivity index is 1.35. The zero-order valence-electron chi connectivity index (χ0n) is 17.8. The molecule has 0 bridgehead atoms. The van der Waals surface area contributed by atoms with E-state index in [1.165, 1.54) is 11.3 Å². The Labute approximate surface area is 191 Å². The summed E-state index contributed by atoms with van der Waals surface area (Å²) in [6, 6.07) is 16.9. The summed E-state index contributed by atoms with van der Waals surface area (Å²) in [7, 11) is 1.62. The molecule has 1 aliphatic heterocycles. The molecular weight excluding hydrogens is 424 g/mol. The summed E-state index contributed by atoms with van der Waals surface area (Å²) < 4.78 is 11.0. The average Bonchev–Trinajstić information content (AvgIpc) is 3.38. The van der Waals surface area contributed by atoms with E-state index in [2.05, 4.69) is 16.0 Å². The lowest BCUT2D eigenvalue weighted by molar-refractivity contribution is 0.0606. The molecular formula is C24H24N4O3S. The van der Waals surface area contributed by atoms with Crippen molar-refractivity contribution < 1.29 is 14.3 Å². The van der Waals surface area contributed by atoms with Crippen LogP contribution in [0.1, 0.15) is 27.7 Å². The molecule has 8 heteroatoms. The van der Waals surface area contributed by atoms with E-state index in [0.29, 0.717) is 44.1 Å². The quantitative estimate of drug-likeness (QED) is 0.548. The van der Waals surface area contributed by atoms with Crippen LogP contribution in [-0.4, -0.2) is 54.0 Å². The third-order valence-electron chi connectivity index (χ3n) is 5.47. The Morgan fingerprint density at radius 2 is 1.94 bits per heavy atom. The van der Waals surface area contributed by atoms with E-state index in [9.17, 15) is 10.1 Å². The van der Waals surface area contributed by atoms with Gasteiger partial charge in [0.05, 0.1) is 24.4 Å². The van der Waals surface area contributed by atoms with Gasteiger partial charge in [-0.1, -0.05) is 18.2 Å². The van der Waals surface area contributed by atoms with Crippen molar-refractivity contribution in [2.24, 2.45) is 0 Å². The van der Waals surface area contributed by atoms with Crippen LogP contribution in [0.25, 0.3) is 0 Å². The van der Waals surface area contributed by atoms with Crippen LogP contribution in [0.15, 0.2) is 59.4 Å². The number of piperazine rings is 1. The van der Waals surface area contributed by atoms with Gasteiger partial charge < -0.3 is 14.4 Å². The molecule has 0 N–H and O–H groups in total. The minimum Gasteiger partial charge on any atom is -0.497 e. The Hall–Kier alpha value is -3.41. The van der Waals surface area contributed by atoms with Crippen LogP contribution in [0.3, 0.4) is 0 Å². The third kappa shape index (κ3) is 5.07. The highest BCUT2D eigenvalue weighted by atomic mass is 32.1. The van der Waals surface area contributed by atoms with Crippen LogP contribution >= 0.6 is 11.3 Å². The standard InChI is InChI=1S/C24H24N4O3S/c1-30-21-7-5-18(6-8-21)23(14-25)27-9-11-28(12-10-27)24(29)19-3-2-4-22(13-19)31-15-20-16-32-17-26-20/h2-8,13,16-17,23H,9-12,15H2,1H3. The number of hydrogen-bond donors (Lipinski definition) is 0. The summed E-state index contributed by atoms with van der Waals surface area (Å²) in [5.74, 6) is 1.38. The fourth-order valence-corrected chi connectivity index (χ4v) is 4.25. The first-order chi connectivity index (χ1) is 15.7. The molecule has 3 aromatic rings. The van der Waals surface area contributed by atoms with Gasteiger partial charge in [0.1, 0.15) is 24.1 Å². The number of rotatable bonds is 7. The average molecular weight is 449 g/mol. The van der Waals surface area contributed by atoms with Gasteiger partial charge in [-0.15, -0.1) is 11.3 Å². The van der Waals surface area contributed by atoms with Gasteiger partial charge in [0, 0.05) is 37.1 Å². The zero-order chi connectivity index (χ0) is 22.3. The van der Waals surface area contributed by atoms with Crippen molar-refractivity contribution in [3.63, 3.8) is 0 Å². The van der Waals surface area contributed by atoms with Crippen molar-refractivity contribution in [2.45, 2.75) is 12.6 Å². The van der Waals surface area contributed by atoms with Gasteiger partial charge in [0.25, 0.3) is 5.91 Å². The zero-order valence-corrected chi connectivity index (χ0v) is 18.6. The predicted molar refractivity (Wildman–Crippen MR) is 122 cm³/mol. The molecule has 2 aromatic carbocycles. The van der Waals surface area contributed by atoms with E-state index < -0.39 is 0 Å². The Morgan fingerprint density at radius 3 is 2.59 bits per heavy atom. The van der Waals surface area contributed by atoms with Gasteiger partial charge in [-0.05, 0) is 35.9 Å². The van der Waals surface area contributed by atoms with E-state index in [0.717, 1.165) is 17.0 Å². The molecule has 1 unspecified atom stereocenters. The van der Waals surface area contributed by atoms with Gasteiger partial charge in [0.2, 0.25) is 0 Å². The maximum atomic E-state index is 13.0. The highest BCUT2D eigenvalue weighted by molar-refractivity contribution is 7.07. The lowest BCUT2D eigenvalue weighted by atomic mass is 10.1. The number of benzene rings is 2. The second-order valence-electron chi connectivity index (χ2n) is 7.43. The molecule has 1 amide bonds. The SMILES string of the molecule is COc1ccc(C(C#N)N2CCN(C(=O)c3cccc(OCc4cscn4)c3)CC2)cc1. The molecule has 1 fully saturated rings. The number of carbonyl (C=O) groups is 1. The fraction of sp³-hybridized carbons (Fsp3) is 0.292. The first-order valence-corrected chi connectivity index (χ1v) is 11.3. The normalized spacial score (nSPS) is 15.1. The molecule has 1 aliphatic rings. The number of hydrogen-bond acceptors (Lipinski definition) is 7. The monoisotopic (exact) mass is 448 g/mol. The Morgan fingerprint density at radius 1 is 1.16 bits per heavy atom. The third-order valence-corrected chi connectivity index (χ3v) is 6.11.